The molecular weight excluding hydrogens is 395 g/mol. The maximum absolute atomic E-state index is 13.6. The summed E-state index contributed by atoms with van der Waals surface area (Å²) >= 11 is 0. The molecule has 1 aromatic carbocycles. The van der Waals surface area contributed by atoms with E-state index < -0.39 is 5.60 Å². The van der Waals surface area contributed by atoms with E-state index in [0.717, 1.165) is 37.7 Å². The third kappa shape index (κ3) is 3.32. The van der Waals surface area contributed by atoms with Crippen LogP contribution in [-0.2, 0) is 7.05 Å². The third-order valence-corrected chi connectivity index (χ3v) is 7.83. The molecule has 0 radical (unpaired) electrons. The first kappa shape index (κ1) is 20.4. The predicted molar refractivity (Wildman–Crippen MR) is 114 cm³/mol. The van der Waals surface area contributed by atoms with Crippen LogP contribution in [0.5, 0.6) is 0 Å². The normalized spacial score (nSPS) is 31.1. The fourth-order valence-corrected chi connectivity index (χ4v) is 6.68. The molecule has 1 aromatic heterocycles. The van der Waals surface area contributed by atoms with Crippen LogP contribution in [0.25, 0.3) is 0 Å². The van der Waals surface area contributed by atoms with E-state index in [-0.39, 0.29) is 23.5 Å². The Morgan fingerprint density at radius 2 is 1.77 bits per heavy atom. The lowest BCUT2D eigenvalue weighted by Gasteiger charge is -2.58. The van der Waals surface area contributed by atoms with Crippen LogP contribution in [0.1, 0.15) is 69.8 Å². The van der Waals surface area contributed by atoms with E-state index in [4.69, 9.17) is 0 Å². The zero-order valence-electron chi connectivity index (χ0n) is 18.2. The summed E-state index contributed by atoms with van der Waals surface area (Å²) in [4.78, 5) is 26.3. The summed E-state index contributed by atoms with van der Waals surface area (Å²) in [6.45, 7) is 3.46. The number of aryl methyl sites for hydroxylation is 2. The number of aromatic nitrogens is 1. The molecule has 1 amide bonds. The molecule has 4 aliphatic rings. The van der Waals surface area contributed by atoms with Crippen molar-refractivity contribution in [2.75, 3.05) is 0 Å². The molecule has 31 heavy (non-hydrogen) atoms. The summed E-state index contributed by atoms with van der Waals surface area (Å²) < 4.78 is 15.3. The minimum atomic E-state index is -0.536. The van der Waals surface area contributed by atoms with E-state index in [9.17, 15) is 19.1 Å². The van der Waals surface area contributed by atoms with Crippen LogP contribution >= 0.6 is 0 Å². The molecule has 0 spiro atoms. The van der Waals surface area contributed by atoms with E-state index in [1.165, 1.54) is 12.1 Å². The van der Waals surface area contributed by atoms with Crippen molar-refractivity contribution < 1.29 is 19.1 Å². The molecule has 0 aliphatic heterocycles. The number of amides is 1. The summed E-state index contributed by atoms with van der Waals surface area (Å²) in [5.74, 6) is 0.479. The molecular formula is C25H29FN2O3. The van der Waals surface area contributed by atoms with Gasteiger partial charge >= 0.3 is 0 Å². The quantitative estimate of drug-likeness (QED) is 0.736. The number of rotatable bonds is 4. The van der Waals surface area contributed by atoms with Crippen LogP contribution in [0.15, 0.2) is 24.3 Å². The number of ketones is 1. The molecule has 6 rings (SSSR count). The number of benzene rings is 1. The second-order valence-corrected chi connectivity index (χ2v) is 10.1. The van der Waals surface area contributed by atoms with Crippen molar-refractivity contribution in [3.8, 4) is 0 Å². The van der Waals surface area contributed by atoms with Crippen LogP contribution in [0.4, 0.5) is 4.39 Å². The van der Waals surface area contributed by atoms with E-state index in [0.29, 0.717) is 40.3 Å². The average Bonchev–Trinajstić information content (AvgIpc) is 2.99. The Bertz CT molecular complexity index is 1070. The Hall–Kier alpha value is -2.47. The van der Waals surface area contributed by atoms with Gasteiger partial charge in [0.25, 0.3) is 5.91 Å². The standard InChI is InChI=1S/C25H29FN2O3/c1-13-6-16(4-5-19(13)26)23(29)20-7-14(2)22(28(20)3)24(30)27-21-17-8-15-9-18(21)12-25(31,10-15)11-17/h4-7,15,17-18,21,31H,8-12H2,1-3H3,(H,27,30). The Morgan fingerprint density at radius 3 is 2.39 bits per heavy atom. The number of halogens is 1. The highest BCUT2D eigenvalue weighted by Crippen LogP contribution is 2.55. The molecule has 164 valence electrons. The zero-order valence-corrected chi connectivity index (χ0v) is 18.2. The molecule has 4 bridgehead atoms. The largest absolute Gasteiger partial charge is 0.390 e. The van der Waals surface area contributed by atoms with Gasteiger partial charge in [-0.3, -0.25) is 9.59 Å². The van der Waals surface area contributed by atoms with Crippen molar-refractivity contribution in [3.05, 3.63) is 58.2 Å². The number of hydrogen-bond donors (Lipinski definition) is 2. The maximum Gasteiger partial charge on any atom is 0.268 e. The van der Waals surface area contributed by atoms with Gasteiger partial charge in [-0.2, -0.15) is 0 Å². The molecule has 4 fully saturated rings. The Labute approximate surface area is 181 Å². The highest BCUT2D eigenvalue weighted by molar-refractivity contribution is 6.09. The highest BCUT2D eigenvalue weighted by Gasteiger charge is 2.55. The van der Waals surface area contributed by atoms with Gasteiger partial charge in [0.05, 0.1) is 11.3 Å². The van der Waals surface area contributed by atoms with Crippen molar-refractivity contribution >= 4 is 11.7 Å². The molecule has 2 unspecified atom stereocenters. The second-order valence-electron chi connectivity index (χ2n) is 10.1. The number of carbonyl (C=O) groups is 2. The van der Waals surface area contributed by atoms with E-state index in [2.05, 4.69) is 5.32 Å². The summed E-state index contributed by atoms with van der Waals surface area (Å²) in [6.07, 6.45) is 4.59. The van der Waals surface area contributed by atoms with Crippen LogP contribution < -0.4 is 5.32 Å². The van der Waals surface area contributed by atoms with Gasteiger partial charge in [-0.05, 0) is 99.1 Å². The molecule has 5 nitrogen and oxygen atoms in total. The lowest BCUT2D eigenvalue weighted by molar-refractivity contribution is -0.137. The fourth-order valence-electron chi connectivity index (χ4n) is 6.68. The fraction of sp³-hybridized carbons (Fsp3) is 0.520. The molecule has 2 aromatic rings. The molecule has 4 saturated carbocycles. The SMILES string of the molecule is Cc1cc(C(=O)c2cc(C)c(C(=O)NC3C4CC5CC3CC(O)(C5)C4)n2C)ccc1F. The number of nitrogens with one attached hydrogen (secondary N) is 1. The number of aliphatic hydroxyl groups is 1. The Morgan fingerprint density at radius 1 is 1.10 bits per heavy atom. The molecule has 4 aliphatic carbocycles. The van der Waals surface area contributed by atoms with Gasteiger partial charge < -0.3 is 15.0 Å². The molecule has 1 heterocycles. The molecule has 2 atom stereocenters. The van der Waals surface area contributed by atoms with Crippen LogP contribution in [0.3, 0.4) is 0 Å². The predicted octanol–water partition coefficient (Wildman–Crippen LogP) is 3.68. The van der Waals surface area contributed by atoms with Crippen LogP contribution in [0.2, 0.25) is 0 Å². The first-order valence-electron chi connectivity index (χ1n) is 11.2. The van der Waals surface area contributed by atoms with Gasteiger partial charge in [0, 0.05) is 18.7 Å². The number of hydrogen-bond acceptors (Lipinski definition) is 3. The van der Waals surface area contributed by atoms with Crippen LogP contribution in [0, 0.1) is 37.4 Å². The van der Waals surface area contributed by atoms with Crippen molar-refractivity contribution in [2.45, 2.75) is 57.6 Å². The van der Waals surface area contributed by atoms with E-state index in [1.807, 2.05) is 6.92 Å². The summed E-state index contributed by atoms with van der Waals surface area (Å²) in [7, 11) is 1.73. The number of carbonyl (C=O) groups excluding carboxylic acids is 2. The first-order chi connectivity index (χ1) is 14.6. The Kier molecular flexibility index (Phi) is 4.63. The van der Waals surface area contributed by atoms with Gasteiger partial charge in [0.15, 0.2) is 0 Å². The lowest BCUT2D eigenvalue weighted by Crippen LogP contribution is -2.61. The number of nitrogens with zero attached hydrogens (tertiary/aromatic N) is 1. The average molecular weight is 425 g/mol. The van der Waals surface area contributed by atoms with Crippen molar-refractivity contribution in [1.29, 1.82) is 0 Å². The second kappa shape index (κ2) is 7.02. The third-order valence-electron chi connectivity index (χ3n) is 7.83. The minimum Gasteiger partial charge on any atom is -0.390 e. The van der Waals surface area contributed by atoms with Gasteiger partial charge in [0.1, 0.15) is 11.5 Å². The highest BCUT2D eigenvalue weighted by atomic mass is 19.1. The zero-order chi connectivity index (χ0) is 22.1. The monoisotopic (exact) mass is 424 g/mol. The van der Waals surface area contributed by atoms with Crippen LogP contribution in [-0.4, -0.2) is 33.0 Å². The van der Waals surface area contributed by atoms with E-state index in [1.54, 1.807) is 30.7 Å². The summed E-state index contributed by atoms with van der Waals surface area (Å²) in [5.41, 5.74) is 1.91. The van der Waals surface area contributed by atoms with Gasteiger partial charge in [-0.15, -0.1) is 0 Å². The summed E-state index contributed by atoms with van der Waals surface area (Å²) in [6, 6.07) is 6.13. The molecule has 0 saturated heterocycles. The maximum atomic E-state index is 13.6. The summed E-state index contributed by atoms with van der Waals surface area (Å²) in [5, 5.41) is 14.0. The Balaban J connectivity index is 1.39. The lowest BCUT2D eigenvalue weighted by atomic mass is 9.52. The molecule has 2 N–H and O–H groups in total. The molecule has 6 heteroatoms. The van der Waals surface area contributed by atoms with Crippen molar-refractivity contribution in [2.24, 2.45) is 24.8 Å². The van der Waals surface area contributed by atoms with Crippen molar-refractivity contribution in [1.82, 2.24) is 9.88 Å². The topological polar surface area (TPSA) is 71.3 Å². The van der Waals surface area contributed by atoms with E-state index >= 15 is 0 Å². The van der Waals surface area contributed by atoms with Crippen molar-refractivity contribution in [3.63, 3.8) is 0 Å². The van der Waals surface area contributed by atoms with Gasteiger partial charge in [-0.1, -0.05) is 0 Å². The minimum absolute atomic E-state index is 0.0810. The van der Waals surface area contributed by atoms with Gasteiger partial charge in [-0.25, -0.2) is 4.39 Å². The first-order valence-corrected chi connectivity index (χ1v) is 11.2. The smallest absolute Gasteiger partial charge is 0.268 e. The van der Waals surface area contributed by atoms with Gasteiger partial charge in [0.2, 0.25) is 5.78 Å².